The van der Waals surface area contributed by atoms with E-state index in [-0.39, 0.29) is 12.2 Å². The highest BCUT2D eigenvalue weighted by Crippen LogP contribution is 2.24. The molecule has 2 aromatic carbocycles. The third-order valence-electron chi connectivity index (χ3n) is 4.26. The van der Waals surface area contributed by atoms with Crippen molar-refractivity contribution in [1.29, 1.82) is 0 Å². The van der Waals surface area contributed by atoms with Crippen LogP contribution in [0.2, 0.25) is 0 Å². The summed E-state index contributed by atoms with van der Waals surface area (Å²) in [5.74, 6) is 0.454. The molecule has 0 bridgehead atoms. The summed E-state index contributed by atoms with van der Waals surface area (Å²) in [4.78, 5) is 31.4. The predicted molar refractivity (Wildman–Crippen MR) is 103 cm³/mol. The maximum absolute atomic E-state index is 12.2. The second-order valence-electron chi connectivity index (χ2n) is 6.62. The Balaban J connectivity index is 1.69. The number of rotatable bonds is 5. The second-order valence-corrected chi connectivity index (χ2v) is 6.62. The van der Waals surface area contributed by atoms with E-state index in [2.05, 4.69) is 9.97 Å². The van der Waals surface area contributed by atoms with E-state index >= 15 is 0 Å². The first-order valence-electron chi connectivity index (χ1n) is 8.74. The Kier molecular flexibility index (Phi) is 5.26. The van der Waals surface area contributed by atoms with Gasteiger partial charge in [-0.15, -0.1) is 0 Å². The van der Waals surface area contributed by atoms with Crippen LogP contribution in [0, 0.1) is 20.8 Å². The van der Waals surface area contributed by atoms with Crippen molar-refractivity contribution in [3.05, 3.63) is 69.3 Å². The largest absolute Gasteiger partial charge is 0.481 e. The number of nitrogens with zero attached hydrogens (tertiary/aromatic N) is 1. The first-order chi connectivity index (χ1) is 12.8. The summed E-state index contributed by atoms with van der Waals surface area (Å²) in [6.45, 7) is 7.33. The molecule has 0 unspecified atom stereocenters. The lowest BCUT2D eigenvalue weighted by atomic mass is 10.1. The molecule has 3 aromatic rings. The molecule has 1 atom stereocenters. The average molecular weight is 366 g/mol. The molecule has 6 heteroatoms. The second kappa shape index (κ2) is 7.61. The van der Waals surface area contributed by atoms with Crippen LogP contribution < -0.4 is 10.3 Å². The molecule has 0 aliphatic heterocycles. The molecule has 0 amide bonds. The van der Waals surface area contributed by atoms with Gasteiger partial charge in [0.05, 0.1) is 10.9 Å². The summed E-state index contributed by atoms with van der Waals surface area (Å²) in [5, 5.41) is 0.494. The standard InChI is InChI=1S/C21H22N2O4/c1-12-9-13(2)19(14(3)10-12)26-11-18(24)27-15(4)20-22-17-8-6-5-7-16(17)21(25)23-20/h5-10,15H,11H2,1-4H3,(H,22,23,25)/t15-/m0/s1. The topological polar surface area (TPSA) is 81.3 Å². The summed E-state index contributed by atoms with van der Waals surface area (Å²) in [5.41, 5.74) is 3.37. The highest BCUT2D eigenvalue weighted by Gasteiger charge is 2.17. The van der Waals surface area contributed by atoms with Gasteiger partial charge in [-0.3, -0.25) is 4.79 Å². The molecule has 140 valence electrons. The van der Waals surface area contributed by atoms with Crippen LogP contribution in [0.25, 0.3) is 10.9 Å². The van der Waals surface area contributed by atoms with Crippen molar-refractivity contribution in [2.75, 3.05) is 6.61 Å². The Labute approximate surface area is 157 Å². The molecule has 6 nitrogen and oxygen atoms in total. The number of fused-ring (bicyclic) bond motifs is 1. The van der Waals surface area contributed by atoms with E-state index in [0.717, 1.165) is 16.7 Å². The number of aromatic amines is 1. The van der Waals surface area contributed by atoms with Gasteiger partial charge in [0, 0.05) is 0 Å². The van der Waals surface area contributed by atoms with Crippen LogP contribution in [0.5, 0.6) is 5.75 Å². The maximum atomic E-state index is 12.2. The third kappa shape index (κ3) is 4.16. The fourth-order valence-electron chi connectivity index (χ4n) is 3.11. The van der Waals surface area contributed by atoms with E-state index in [1.807, 2.05) is 32.9 Å². The number of esters is 1. The molecule has 0 radical (unpaired) electrons. The molecule has 0 saturated carbocycles. The first-order valence-corrected chi connectivity index (χ1v) is 8.74. The number of ether oxygens (including phenoxy) is 2. The molecule has 0 fully saturated rings. The first kappa shape index (κ1) is 18.6. The van der Waals surface area contributed by atoms with Gasteiger partial charge in [-0.1, -0.05) is 29.8 Å². The van der Waals surface area contributed by atoms with Gasteiger partial charge < -0.3 is 14.5 Å². The normalized spacial score (nSPS) is 12.0. The molecular formula is C21H22N2O4. The summed E-state index contributed by atoms with van der Waals surface area (Å²) in [6.07, 6.45) is -0.696. The Morgan fingerprint density at radius 3 is 2.52 bits per heavy atom. The minimum atomic E-state index is -0.696. The molecule has 0 saturated heterocycles. The smallest absolute Gasteiger partial charge is 0.344 e. The zero-order valence-corrected chi connectivity index (χ0v) is 15.8. The Morgan fingerprint density at radius 1 is 1.15 bits per heavy atom. The number of para-hydroxylation sites is 1. The number of hydrogen-bond acceptors (Lipinski definition) is 5. The van der Waals surface area contributed by atoms with Crippen molar-refractivity contribution < 1.29 is 14.3 Å². The van der Waals surface area contributed by atoms with Crippen molar-refractivity contribution in [2.45, 2.75) is 33.8 Å². The number of hydrogen-bond donors (Lipinski definition) is 1. The highest BCUT2D eigenvalue weighted by molar-refractivity contribution is 5.77. The molecule has 27 heavy (non-hydrogen) atoms. The molecular weight excluding hydrogens is 344 g/mol. The van der Waals surface area contributed by atoms with E-state index in [0.29, 0.717) is 22.5 Å². The van der Waals surface area contributed by atoms with Gasteiger partial charge in [0.15, 0.2) is 18.5 Å². The van der Waals surface area contributed by atoms with E-state index in [9.17, 15) is 9.59 Å². The van der Waals surface area contributed by atoms with Gasteiger partial charge >= 0.3 is 5.97 Å². The number of benzene rings is 2. The predicted octanol–water partition coefficient (Wildman–Crippen LogP) is 3.53. The number of aryl methyl sites for hydroxylation is 3. The Bertz CT molecular complexity index is 1030. The summed E-state index contributed by atoms with van der Waals surface area (Å²) in [6, 6.07) is 11.0. The Hall–Kier alpha value is -3.15. The SMILES string of the molecule is Cc1cc(C)c(OCC(=O)O[C@@H](C)c2nc3ccccc3c(=O)[nH]2)c(C)c1. The number of carbonyl (C=O) groups excluding carboxylic acids is 1. The minimum Gasteiger partial charge on any atom is -0.481 e. The van der Waals surface area contributed by atoms with Gasteiger partial charge in [0.25, 0.3) is 5.56 Å². The minimum absolute atomic E-state index is 0.215. The van der Waals surface area contributed by atoms with E-state index in [1.54, 1.807) is 31.2 Å². The summed E-state index contributed by atoms with van der Waals surface area (Å²) in [7, 11) is 0. The maximum Gasteiger partial charge on any atom is 0.344 e. The van der Waals surface area contributed by atoms with Crippen LogP contribution in [-0.4, -0.2) is 22.5 Å². The number of H-pyrrole nitrogens is 1. The lowest BCUT2D eigenvalue weighted by molar-refractivity contribution is -0.151. The van der Waals surface area contributed by atoms with Gasteiger partial charge in [-0.05, 0) is 51.0 Å². The fourth-order valence-corrected chi connectivity index (χ4v) is 3.11. The number of aromatic nitrogens is 2. The molecule has 0 aliphatic rings. The molecule has 0 spiro atoms. The van der Waals surface area contributed by atoms with Crippen molar-refractivity contribution in [1.82, 2.24) is 9.97 Å². The Morgan fingerprint density at radius 2 is 1.81 bits per heavy atom. The summed E-state index contributed by atoms with van der Waals surface area (Å²) >= 11 is 0. The van der Waals surface area contributed by atoms with Crippen molar-refractivity contribution in [3.8, 4) is 5.75 Å². The van der Waals surface area contributed by atoms with Gasteiger partial charge in [0.1, 0.15) is 5.75 Å². The van der Waals surface area contributed by atoms with E-state index in [4.69, 9.17) is 9.47 Å². The van der Waals surface area contributed by atoms with Crippen LogP contribution in [0.4, 0.5) is 0 Å². The van der Waals surface area contributed by atoms with Crippen LogP contribution in [0.3, 0.4) is 0 Å². The number of carbonyl (C=O) groups is 1. The highest BCUT2D eigenvalue weighted by atomic mass is 16.6. The van der Waals surface area contributed by atoms with Crippen LogP contribution >= 0.6 is 0 Å². The van der Waals surface area contributed by atoms with Crippen LogP contribution in [0.1, 0.15) is 35.5 Å². The summed E-state index contributed by atoms with van der Waals surface area (Å²) < 4.78 is 11.0. The van der Waals surface area contributed by atoms with Crippen molar-refractivity contribution in [2.24, 2.45) is 0 Å². The molecule has 0 aliphatic carbocycles. The zero-order chi connectivity index (χ0) is 19.6. The van der Waals surface area contributed by atoms with E-state index in [1.165, 1.54) is 0 Å². The average Bonchev–Trinajstić information content (AvgIpc) is 2.60. The molecule has 1 heterocycles. The van der Waals surface area contributed by atoms with Crippen molar-refractivity contribution in [3.63, 3.8) is 0 Å². The van der Waals surface area contributed by atoms with Gasteiger partial charge in [0.2, 0.25) is 0 Å². The van der Waals surface area contributed by atoms with Crippen molar-refractivity contribution >= 4 is 16.9 Å². The van der Waals surface area contributed by atoms with E-state index < -0.39 is 12.1 Å². The van der Waals surface area contributed by atoms with Crippen LogP contribution in [0.15, 0.2) is 41.2 Å². The molecule has 1 N–H and O–H groups in total. The van der Waals surface area contributed by atoms with Gasteiger partial charge in [-0.2, -0.15) is 0 Å². The lowest BCUT2D eigenvalue weighted by Crippen LogP contribution is -2.21. The fraction of sp³-hybridized carbons (Fsp3) is 0.286. The molecule has 3 rings (SSSR count). The zero-order valence-electron chi connectivity index (χ0n) is 15.8. The quantitative estimate of drug-likeness (QED) is 0.699. The molecule has 1 aromatic heterocycles. The number of nitrogens with one attached hydrogen (secondary N) is 1. The lowest BCUT2D eigenvalue weighted by Gasteiger charge is -2.15. The van der Waals surface area contributed by atoms with Gasteiger partial charge in [-0.25, -0.2) is 9.78 Å². The monoisotopic (exact) mass is 366 g/mol. The third-order valence-corrected chi connectivity index (χ3v) is 4.26. The van der Waals surface area contributed by atoms with Crippen LogP contribution in [-0.2, 0) is 9.53 Å².